The molecule has 4 aromatic heterocycles. The van der Waals surface area contributed by atoms with Gasteiger partial charge in [0.05, 0.1) is 5.02 Å². The van der Waals surface area contributed by atoms with Crippen LogP contribution in [0.15, 0.2) is 73.8 Å². The maximum Gasteiger partial charge on any atom is 0.199 e. The van der Waals surface area contributed by atoms with Gasteiger partial charge in [-0.2, -0.15) is 4.73 Å². The minimum atomic E-state index is 0.228. The Labute approximate surface area is 261 Å². The van der Waals surface area contributed by atoms with Gasteiger partial charge in [0.25, 0.3) is 0 Å². The maximum absolute atomic E-state index is 10.8. The fourth-order valence-corrected chi connectivity index (χ4v) is 5.11. The monoisotopic (exact) mass is 616 g/mol. The topological polar surface area (TPSA) is 65.6 Å². The van der Waals surface area contributed by atoms with Gasteiger partial charge in [-0.3, -0.25) is 15.0 Å². The maximum atomic E-state index is 10.8. The molecule has 8 heteroatoms. The first-order valence-electron chi connectivity index (χ1n) is 13.7. The van der Waals surface area contributed by atoms with Crippen LogP contribution in [0.4, 0.5) is 0 Å². The minimum Gasteiger partial charge on any atom is -0.619 e. The molecule has 0 saturated carbocycles. The summed E-state index contributed by atoms with van der Waals surface area (Å²) in [6.45, 7) is 18.9. The van der Waals surface area contributed by atoms with Crippen LogP contribution in [0.25, 0.3) is 0 Å². The third-order valence-corrected chi connectivity index (χ3v) is 6.92. The van der Waals surface area contributed by atoms with E-state index in [0.717, 1.165) is 10.6 Å². The van der Waals surface area contributed by atoms with Crippen molar-refractivity contribution in [3.05, 3.63) is 122 Å². The van der Waals surface area contributed by atoms with Crippen LogP contribution >= 0.6 is 34.8 Å². The highest BCUT2D eigenvalue weighted by molar-refractivity contribution is 6.35. The van der Waals surface area contributed by atoms with Gasteiger partial charge in [-0.1, -0.05) is 96.3 Å². The molecule has 41 heavy (non-hydrogen) atoms. The van der Waals surface area contributed by atoms with Gasteiger partial charge >= 0.3 is 0 Å². The molecule has 0 spiro atoms. The number of halogens is 3. The van der Waals surface area contributed by atoms with Gasteiger partial charge in [-0.25, -0.2) is 0 Å². The predicted octanol–water partition coefficient (Wildman–Crippen LogP) is 10.3. The van der Waals surface area contributed by atoms with Gasteiger partial charge < -0.3 is 5.21 Å². The van der Waals surface area contributed by atoms with Crippen molar-refractivity contribution in [1.29, 1.82) is 0 Å². The van der Waals surface area contributed by atoms with E-state index in [1.165, 1.54) is 34.6 Å². The third-order valence-electron chi connectivity index (χ3n) is 6.01. The van der Waals surface area contributed by atoms with E-state index < -0.39 is 0 Å². The molecule has 0 amide bonds. The number of rotatable bonds is 4. The Hall–Kier alpha value is -2.73. The van der Waals surface area contributed by atoms with E-state index >= 15 is 0 Å². The molecule has 0 saturated heterocycles. The lowest BCUT2D eigenvalue weighted by Gasteiger charge is -2.09. The van der Waals surface area contributed by atoms with Crippen LogP contribution in [0.1, 0.15) is 107 Å². The summed E-state index contributed by atoms with van der Waals surface area (Å²) in [5.41, 5.74) is 5.86. The molecule has 0 aliphatic carbocycles. The standard InChI is InChI=1S/C9H12ClN.C8H9Cl2NO.2C8H11N/c1-6(2)9-7(3)4-11-5-8(9)10;1-5(2)8-6(9)3-11(12)4-7(8)10;1-7(2)8-3-5-9-6-4-8;1-7(2)8-4-3-5-9-6-8/h4-6H,1-3H3;3-5H,1-2H3;2*3-7H,1-2H3. The Bertz CT molecular complexity index is 1210. The largest absolute Gasteiger partial charge is 0.619 e. The second-order valence-electron chi connectivity index (χ2n) is 10.8. The summed E-state index contributed by atoms with van der Waals surface area (Å²) in [7, 11) is 0. The van der Waals surface area contributed by atoms with Crippen molar-refractivity contribution in [2.45, 2.75) is 86.0 Å². The third kappa shape index (κ3) is 13.2. The first kappa shape index (κ1) is 36.3. The van der Waals surface area contributed by atoms with Crippen molar-refractivity contribution < 1.29 is 4.73 Å². The van der Waals surface area contributed by atoms with Gasteiger partial charge in [0.2, 0.25) is 0 Å². The van der Waals surface area contributed by atoms with Crippen LogP contribution in [-0.2, 0) is 0 Å². The number of aromatic nitrogens is 4. The molecule has 0 atom stereocenters. The normalized spacial score (nSPS) is 10.4. The summed E-state index contributed by atoms with van der Waals surface area (Å²) >= 11 is 17.6. The highest BCUT2D eigenvalue weighted by Gasteiger charge is 2.13. The van der Waals surface area contributed by atoms with E-state index in [9.17, 15) is 5.21 Å². The lowest BCUT2D eigenvalue weighted by atomic mass is 10.0. The van der Waals surface area contributed by atoms with E-state index in [1.54, 1.807) is 12.4 Å². The fourth-order valence-electron chi connectivity index (χ4n) is 3.80. The molecule has 4 heterocycles. The van der Waals surface area contributed by atoms with Gasteiger partial charge in [0.1, 0.15) is 10.0 Å². The fraction of sp³-hybridized carbons (Fsp3) is 0.394. The summed E-state index contributed by atoms with van der Waals surface area (Å²) in [6.07, 6.45) is 13.5. The number of hydrogen-bond donors (Lipinski definition) is 0. The van der Waals surface area contributed by atoms with E-state index in [0.29, 0.717) is 32.5 Å². The zero-order chi connectivity index (χ0) is 31.1. The van der Waals surface area contributed by atoms with Crippen molar-refractivity contribution in [3.63, 3.8) is 0 Å². The molecule has 0 fully saturated rings. The van der Waals surface area contributed by atoms with Crippen molar-refractivity contribution >= 4 is 34.8 Å². The van der Waals surface area contributed by atoms with Gasteiger partial charge in [0.15, 0.2) is 12.4 Å². The SMILES string of the molecule is CC(C)c1c(Cl)c[n+]([O-])cc1Cl.CC(C)c1cccnc1.CC(C)c1ccncc1.Cc1cncc(Cl)c1C(C)C. The van der Waals surface area contributed by atoms with Crippen molar-refractivity contribution in [1.82, 2.24) is 15.0 Å². The van der Waals surface area contributed by atoms with Crippen LogP contribution in [-0.4, -0.2) is 15.0 Å². The Morgan fingerprint density at radius 2 is 1.12 bits per heavy atom. The van der Waals surface area contributed by atoms with Gasteiger partial charge in [0, 0.05) is 42.7 Å². The smallest absolute Gasteiger partial charge is 0.199 e. The number of nitrogens with zero attached hydrogens (tertiary/aromatic N) is 4. The van der Waals surface area contributed by atoms with Gasteiger partial charge in [-0.15, -0.1) is 0 Å². The Morgan fingerprint density at radius 3 is 1.46 bits per heavy atom. The van der Waals surface area contributed by atoms with E-state index in [2.05, 4.69) is 62.6 Å². The van der Waals surface area contributed by atoms with Crippen molar-refractivity contribution in [2.75, 3.05) is 0 Å². The van der Waals surface area contributed by atoms with E-state index in [4.69, 9.17) is 34.8 Å². The average Bonchev–Trinajstić information content (AvgIpc) is 2.90. The second-order valence-corrected chi connectivity index (χ2v) is 12.0. The highest BCUT2D eigenvalue weighted by atomic mass is 35.5. The first-order valence-corrected chi connectivity index (χ1v) is 14.9. The molecule has 0 aliphatic heterocycles. The summed E-state index contributed by atoms with van der Waals surface area (Å²) in [5.74, 6) is 1.92. The highest BCUT2D eigenvalue weighted by Crippen LogP contribution is 2.29. The molecule has 0 radical (unpaired) electrons. The van der Waals surface area contributed by atoms with Crippen LogP contribution in [0.5, 0.6) is 0 Å². The van der Waals surface area contributed by atoms with Crippen LogP contribution < -0.4 is 4.73 Å². The van der Waals surface area contributed by atoms with Gasteiger partial charge in [-0.05, 0) is 71.0 Å². The quantitative estimate of drug-likeness (QED) is 0.169. The molecular formula is C33H43Cl3N4O. The van der Waals surface area contributed by atoms with Crippen molar-refractivity contribution in [2.24, 2.45) is 0 Å². The molecule has 4 aromatic rings. The zero-order valence-electron chi connectivity index (χ0n) is 25.6. The lowest BCUT2D eigenvalue weighted by molar-refractivity contribution is -0.605. The second kappa shape index (κ2) is 18.7. The summed E-state index contributed by atoms with van der Waals surface area (Å²) in [4.78, 5) is 11.9. The Morgan fingerprint density at radius 1 is 0.585 bits per heavy atom. The molecule has 5 nitrogen and oxygen atoms in total. The molecule has 0 N–H and O–H groups in total. The Balaban J connectivity index is 0.000000275. The molecule has 0 aliphatic rings. The minimum absolute atomic E-state index is 0.228. The molecule has 222 valence electrons. The lowest BCUT2D eigenvalue weighted by Crippen LogP contribution is -2.25. The number of hydrogen-bond acceptors (Lipinski definition) is 4. The summed E-state index contributed by atoms with van der Waals surface area (Å²) < 4.78 is 0.608. The zero-order valence-corrected chi connectivity index (χ0v) is 27.8. The molecule has 4 rings (SSSR count). The predicted molar refractivity (Wildman–Crippen MR) is 174 cm³/mol. The molecule has 0 aromatic carbocycles. The van der Waals surface area contributed by atoms with Crippen LogP contribution in [0, 0.1) is 12.1 Å². The molecule has 0 unspecified atom stereocenters. The Kier molecular flexibility index (Phi) is 16.5. The van der Waals surface area contributed by atoms with E-state index in [-0.39, 0.29) is 5.92 Å². The summed E-state index contributed by atoms with van der Waals surface area (Å²) in [6, 6.07) is 8.16. The van der Waals surface area contributed by atoms with E-state index in [1.807, 2.05) is 63.8 Å². The first-order chi connectivity index (χ1) is 19.3. The van der Waals surface area contributed by atoms with Crippen LogP contribution in [0.2, 0.25) is 15.1 Å². The molecular weight excluding hydrogens is 575 g/mol. The number of pyridine rings is 4. The molecule has 0 bridgehead atoms. The van der Waals surface area contributed by atoms with Crippen molar-refractivity contribution in [3.8, 4) is 0 Å². The average molecular weight is 618 g/mol. The number of aryl methyl sites for hydroxylation is 1. The summed E-state index contributed by atoms with van der Waals surface area (Å²) in [5, 5.41) is 12.5. The van der Waals surface area contributed by atoms with Crippen LogP contribution in [0.3, 0.4) is 0 Å².